The number of hydrogen-bond donors (Lipinski definition) is 1. The number of halogens is 4. The molecule has 9 heteroatoms. The molecule has 27 heavy (non-hydrogen) atoms. The second-order valence-electron chi connectivity index (χ2n) is 6.48. The van der Waals surface area contributed by atoms with Crippen molar-refractivity contribution in [2.24, 2.45) is 0 Å². The highest BCUT2D eigenvalue weighted by atomic mass is 19.4. The van der Waals surface area contributed by atoms with E-state index in [0.29, 0.717) is 24.6 Å². The first-order valence-electron chi connectivity index (χ1n) is 8.29. The number of nitrogens with zero attached hydrogens (tertiary/aromatic N) is 4. The van der Waals surface area contributed by atoms with Crippen LogP contribution < -0.4 is 5.32 Å². The molecule has 3 rings (SSSR count). The van der Waals surface area contributed by atoms with Crippen molar-refractivity contribution in [1.29, 1.82) is 0 Å². The second kappa shape index (κ2) is 7.15. The number of fused-ring (bicyclic) bond motifs is 1. The molecule has 0 radical (unpaired) electrons. The molecule has 0 amide bonds. The fourth-order valence-electron chi connectivity index (χ4n) is 2.75. The summed E-state index contributed by atoms with van der Waals surface area (Å²) >= 11 is 0. The van der Waals surface area contributed by atoms with Gasteiger partial charge in [0.25, 0.3) is 0 Å². The van der Waals surface area contributed by atoms with E-state index in [-0.39, 0.29) is 16.8 Å². The quantitative estimate of drug-likeness (QED) is 0.683. The number of hydrogen-bond acceptors (Lipinski definition) is 4. The summed E-state index contributed by atoms with van der Waals surface area (Å²) in [6, 6.07) is 6.47. The van der Waals surface area contributed by atoms with Crippen molar-refractivity contribution in [2.45, 2.75) is 13.1 Å². The van der Waals surface area contributed by atoms with Crippen LogP contribution >= 0.6 is 0 Å². The van der Waals surface area contributed by atoms with Crippen LogP contribution in [-0.2, 0) is 6.18 Å². The Morgan fingerprint density at radius 1 is 1.15 bits per heavy atom. The summed E-state index contributed by atoms with van der Waals surface area (Å²) in [5, 5.41) is 6.88. The van der Waals surface area contributed by atoms with Crippen LogP contribution in [0.5, 0.6) is 0 Å². The van der Waals surface area contributed by atoms with Gasteiger partial charge in [0, 0.05) is 24.8 Å². The van der Waals surface area contributed by atoms with Gasteiger partial charge in [-0.2, -0.15) is 22.8 Å². The van der Waals surface area contributed by atoms with E-state index in [1.165, 1.54) is 12.1 Å². The van der Waals surface area contributed by atoms with Crippen molar-refractivity contribution < 1.29 is 17.6 Å². The zero-order chi connectivity index (χ0) is 19.8. The SMILES string of the molecule is Cc1cc(NCCN(C)C)n2nc(C(F)(F)F)c(-c3ccc(F)cc3)c2n1. The summed E-state index contributed by atoms with van der Waals surface area (Å²) in [7, 11) is 3.80. The normalized spacial score (nSPS) is 12.1. The summed E-state index contributed by atoms with van der Waals surface area (Å²) in [5.41, 5.74) is -0.395. The smallest absolute Gasteiger partial charge is 0.369 e. The van der Waals surface area contributed by atoms with Gasteiger partial charge in [-0.3, -0.25) is 0 Å². The zero-order valence-corrected chi connectivity index (χ0v) is 15.1. The molecule has 1 N–H and O–H groups in total. The molecule has 2 aromatic heterocycles. The number of rotatable bonds is 5. The number of nitrogens with one attached hydrogen (secondary N) is 1. The van der Waals surface area contributed by atoms with Crippen molar-refractivity contribution >= 4 is 11.5 Å². The first-order chi connectivity index (χ1) is 12.7. The molecular weight excluding hydrogens is 362 g/mol. The molecule has 3 aromatic rings. The maximum absolute atomic E-state index is 13.6. The molecule has 144 valence electrons. The van der Waals surface area contributed by atoms with E-state index in [9.17, 15) is 17.6 Å². The van der Waals surface area contributed by atoms with Crippen molar-refractivity contribution in [3.8, 4) is 11.1 Å². The van der Waals surface area contributed by atoms with Crippen LogP contribution in [0.4, 0.5) is 23.4 Å². The second-order valence-corrected chi connectivity index (χ2v) is 6.48. The minimum Gasteiger partial charge on any atom is -0.369 e. The Labute approximate surface area is 153 Å². The summed E-state index contributed by atoms with van der Waals surface area (Å²) < 4.78 is 55.3. The predicted octanol–water partition coefficient (Wildman–Crippen LogP) is 3.84. The summed E-state index contributed by atoms with van der Waals surface area (Å²) in [6.07, 6.45) is -4.67. The number of benzene rings is 1. The highest BCUT2D eigenvalue weighted by molar-refractivity contribution is 5.81. The van der Waals surface area contributed by atoms with Crippen molar-refractivity contribution in [3.63, 3.8) is 0 Å². The lowest BCUT2D eigenvalue weighted by Gasteiger charge is -2.12. The van der Waals surface area contributed by atoms with Gasteiger partial charge in [-0.05, 0) is 38.7 Å². The molecule has 0 bridgehead atoms. The fourth-order valence-corrected chi connectivity index (χ4v) is 2.75. The third-order valence-electron chi connectivity index (χ3n) is 3.98. The summed E-state index contributed by atoms with van der Waals surface area (Å²) in [4.78, 5) is 6.22. The molecule has 2 heterocycles. The van der Waals surface area contributed by atoms with Crippen LogP contribution in [0.15, 0.2) is 30.3 Å². The van der Waals surface area contributed by atoms with Gasteiger partial charge in [0.2, 0.25) is 0 Å². The molecule has 0 fully saturated rings. The van der Waals surface area contributed by atoms with Crippen LogP contribution in [0.2, 0.25) is 0 Å². The van der Waals surface area contributed by atoms with Crippen LogP contribution in [0.1, 0.15) is 11.4 Å². The topological polar surface area (TPSA) is 45.5 Å². The highest BCUT2D eigenvalue weighted by Crippen LogP contribution is 2.39. The molecule has 0 aliphatic carbocycles. The van der Waals surface area contributed by atoms with Crippen LogP contribution in [0.25, 0.3) is 16.8 Å². The van der Waals surface area contributed by atoms with Crippen molar-refractivity contribution in [1.82, 2.24) is 19.5 Å². The molecular formula is C18H19F4N5. The third-order valence-corrected chi connectivity index (χ3v) is 3.98. The Bertz CT molecular complexity index is 945. The molecule has 0 unspecified atom stereocenters. The van der Waals surface area contributed by atoms with Gasteiger partial charge < -0.3 is 10.2 Å². The van der Waals surface area contributed by atoms with Gasteiger partial charge in [0.05, 0.1) is 5.56 Å². The van der Waals surface area contributed by atoms with Crippen molar-refractivity contribution in [3.05, 3.63) is 47.5 Å². The largest absolute Gasteiger partial charge is 0.435 e. The van der Waals surface area contributed by atoms with E-state index < -0.39 is 17.7 Å². The maximum Gasteiger partial charge on any atom is 0.435 e. The molecule has 0 saturated heterocycles. The lowest BCUT2D eigenvalue weighted by molar-refractivity contribution is -0.140. The van der Waals surface area contributed by atoms with Crippen LogP contribution in [0.3, 0.4) is 0 Å². The minimum absolute atomic E-state index is 0.0706. The van der Waals surface area contributed by atoms with Crippen LogP contribution in [0, 0.1) is 12.7 Å². The van der Waals surface area contributed by atoms with Gasteiger partial charge in [-0.1, -0.05) is 12.1 Å². The highest BCUT2D eigenvalue weighted by Gasteiger charge is 2.39. The standard InChI is InChI=1S/C18H19F4N5/c1-11-10-14(23-8-9-26(2)3)27-17(24-11)15(16(25-27)18(20,21)22)12-4-6-13(19)7-5-12/h4-7,10,23H,8-9H2,1-3H3. The van der Waals surface area contributed by atoms with E-state index in [1.807, 2.05) is 19.0 Å². The third kappa shape index (κ3) is 4.02. The summed E-state index contributed by atoms with van der Waals surface area (Å²) in [6.45, 7) is 2.92. The van der Waals surface area contributed by atoms with Crippen molar-refractivity contribution in [2.75, 3.05) is 32.5 Å². The molecule has 0 spiro atoms. The Kier molecular flexibility index (Phi) is 5.05. The van der Waals surface area contributed by atoms with Gasteiger partial charge in [-0.15, -0.1) is 0 Å². The molecule has 5 nitrogen and oxygen atoms in total. The van der Waals surface area contributed by atoms with E-state index in [1.54, 1.807) is 13.0 Å². The molecule has 0 aliphatic heterocycles. The average Bonchev–Trinajstić information content (AvgIpc) is 2.95. The molecule has 1 aromatic carbocycles. The molecule has 0 atom stereocenters. The number of aryl methyl sites for hydroxylation is 1. The Hall–Kier alpha value is -2.68. The lowest BCUT2D eigenvalue weighted by Crippen LogP contribution is -2.22. The average molecular weight is 381 g/mol. The number of anilines is 1. The minimum atomic E-state index is -4.67. The maximum atomic E-state index is 13.6. The lowest BCUT2D eigenvalue weighted by atomic mass is 10.1. The number of aromatic nitrogens is 3. The van der Waals surface area contributed by atoms with Gasteiger partial charge >= 0.3 is 6.18 Å². The van der Waals surface area contributed by atoms with Crippen LogP contribution in [-0.4, -0.2) is 46.7 Å². The monoisotopic (exact) mass is 381 g/mol. The first-order valence-corrected chi connectivity index (χ1v) is 8.29. The Morgan fingerprint density at radius 3 is 2.41 bits per heavy atom. The zero-order valence-electron chi connectivity index (χ0n) is 15.1. The molecule has 0 aliphatic rings. The summed E-state index contributed by atoms with van der Waals surface area (Å²) in [5.74, 6) is -0.114. The van der Waals surface area contributed by atoms with Gasteiger partial charge in [0.1, 0.15) is 11.6 Å². The van der Waals surface area contributed by atoms with E-state index in [0.717, 1.165) is 16.6 Å². The van der Waals surface area contributed by atoms with E-state index in [2.05, 4.69) is 15.4 Å². The van der Waals surface area contributed by atoms with E-state index >= 15 is 0 Å². The fraction of sp³-hybridized carbons (Fsp3) is 0.333. The first kappa shape index (κ1) is 19.1. The number of alkyl halides is 3. The van der Waals surface area contributed by atoms with E-state index in [4.69, 9.17) is 0 Å². The number of likely N-dealkylation sites (N-methyl/N-ethyl adjacent to an activating group) is 1. The Balaban J connectivity index is 2.20. The molecule has 0 saturated carbocycles. The predicted molar refractivity (Wildman–Crippen MR) is 95.2 cm³/mol. The Morgan fingerprint density at radius 2 is 1.81 bits per heavy atom. The van der Waals surface area contributed by atoms with Gasteiger partial charge in [0.15, 0.2) is 11.3 Å². The van der Waals surface area contributed by atoms with Gasteiger partial charge in [-0.25, -0.2) is 9.37 Å².